The molecule has 1 saturated heterocycles. The zero-order valence-corrected chi connectivity index (χ0v) is 16.0. The number of fused-ring (bicyclic) bond motifs is 2. The summed E-state index contributed by atoms with van der Waals surface area (Å²) in [5.74, 6) is 0.629. The predicted molar refractivity (Wildman–Crippen MR) is 107 cm³/mol. The number of carbonyl (C=O) groups is 2. The maximum Gasteiger partial charge on any atom is 0.251 e. The Bertz CT molecular complexity index is 853. The highest BCUT2D eigenvalue weighted by Gasteiger charge is 2.39. The lowest BCUT2D eigenvalue weighted by atomic mass is 10.1. The molecule has 1 aliphatic heterocycles. The smallest absolute Gasteiger partial charge is 0.251 e. The lowest BCUT2D eigenvalue weighted by molar-refractivity contribution is -0.114. The maximum atomic E-state index is 12.5. The average Bonchev–Trinajstić information content (AvgIpc) is 3.25. The first-order chi connectivity index (χ1) is 13.1. The third-order valence-corrected chi connectivity index (χ3v) is 6.15. The third-order valence-electron chi connectivity index (χ3n) is 5.15. The minimum Gasteiger partial charge on any atom is -0.348 e. The molecule has 140 valence electrons. The van der Waals surface area contributed by atoms with Gasteiger partial charge in [0.1, 0.15) is 0 Å². The number of anilines is 1. The second kappa shape index (κ2) is 7.74. The van der Waals surface area contributed by atoms with E-state index in [1.165, 1.54) is 13.3 Å². The normalized spacial score (nSPS) is 23.2. The minimum atomic E-state index is -0.0850. The Hall–Kier alpha value is -2.31. The fourth-order valence-electron chi connectivity index (χ4n) is 3.92. The van der Waals surface area contributed by atoms with Gasteiger partial charge in [-0.1, -0.05) is 17.8 Å². The number of nitrogens with one attached hydrogen (secondary N) is 3. The molecule has 6 heteroatoms. The fraction of sp³-hybridized carbons (Fsp3) is 0.333. The van der Waals surface area contributed by atoms with E-state index < -0.39 is 0 Å². The van der Waals surface area contributed by atoms with Crippen molar-refractivity contribution in [3.8, 4) is 0 Å². The second-order valence-electron chi connectivity index (χ2n) is 7.27. The molecule has 2 aromatic carbocycles. The standard InChI is InChI=1S/C21H23N3O2S/c1-13(25)23-16-3-2-4-18(11-16)27-17-7-5-15(6-8-17)21(26)24-20-10-14-9-19(20)22-12-14/h2-8,11,14,19-20,22H,9-10,12H2,1H3,(H,23,25)(H,24,26). The van der Waals surface area contributed by atoms with Gasteiger partial charge in [-0.3, -0.25) is 9.59 Å². The van der Waals surface area contributed by atoms with Crippen LogP contribution in [0.5, 0.6) is 0 Å². The van der Waals surface area contributed by atoms with Crippen LogP contribution in [0.1, 0.15) is 30.1 Å². The molecule has 2 aliphatic rings. The number of carbonyl (C=O) groups excluding carboxylic acids is 2. The highest BCUT2D eigenvalue weighted by molar-refractivity contribution is 7.99. The van der Waals surface area contributed by atoms with E-state index in [0.717, 1.165) is 28.4 Å². The first kappa shape index (κ1) is 18.1. The number of benzene rings is 2. The maximum absolute atomic E-state index is 12.5. The van der Waals surface area contributed by atoms with E-state index in [1.807, 2.05) is 48.5 Å². The molecule has 0 spiro atoms. The molecule has 1 saturated carbocycles. The molecule has 0 aromatic heterocycles. The molecule has 2 fully saturated rings. The molecule has 4 rings (SSSR count). The molecular weight excluding hydrogens is 358 g/mol. The van der Waals surface area contributed by atoms with Crippen LogP contribution in [-0.4, -0.2) is 30.4 Å². The van der Waals surface area contributed by atoms with Crippen molar-refractivity contribution >= 4 is 29.3 Å². The van der Waals surface area contributed by atoms with E-state index in [-0.39, 0.29) is 17.9 Å². The zero-order valence-electron chi connectivity index (χ0n) is 15.2. The van der Waals surface area contributed by atoms with E-state index in [9.17, 15) is 9.59 Å². The summed E-state index contributed by atoms with van der Waals surface area (Å²) in [6.45, 7) is 2.59. The van der Waals surface area contributed by atoms with Crippen molar-refractivity contribution in [3.63, 3.8) is 0 Å². The summed E-state index contributed by atoms with van der Waals surface area (Å²) in [4.78, 5) is 25.8. The molecule has 2 bridgehead atoms. The number of piperidine rings is 1. The van der Waals surface area contributed by atoms with E-state index in [1.54, 1.807) is 11.8 Å². The Morgan fingerprint density at radius 3 is 2.56 bits per heavy atom. The SMILES string of the molecule is CC(=O)Nc1cccc(Sc2ccc(C(=O)NC3CC4CNC3C4)cc2)c1. The van der Waals surface area contributed by atoms with Crippen molar-refractivity contribution in [1.82, 2.24) is 10.6 Å². The van der Waals surface area contributed by atoms with Crippen molar-refractivity contribution in [1.29, 1.82) is 0 Å². The van der Waals surface area contributed by atoms with Crippen LogP contribution in [0.2, 0.25) is 0 Å². The summed E-state index contributed by atoms with van der Waals surface area (Å²) in [7, 11) is 0. The van der Waals surface area contributed by atoms with Gasteiger partial charge in [-0.05, 0) is 67.8 Å². The van der Waals surface area contributed by atoms with Gasteiger partial charge in [-0.2, -0.15) is 0 Å². The first-order valence-electron chi connectivity index (χ1n) is 9.26. The third kappa shape index (κ3) is 4.34. The Kier molecular flexibility index (Phi) is 5.18. The van der Waals surface area contributed by atoms with Crippen LogP contribution >= 0.6 is 11.8 Å². The van der Waals surface area contributed by atoms with Crippen molar-refractivity contribution in [2.75, 3.05) is 11.9 Å². The molecule has 3 unspecified atom stereocenters. The van der Waals surface area contributed by atoms with Gasteiger partial charge in [0.2, 0.25) is 5.91 Å². The van der Waals surface area contributed by atoms with Gasteiger partial charge in [0.05, 0.1) is 0 Å². The van der Waals surface area contributed by atoms with Crippen LogP contribution in [0.25, 0.3) is 0 Å². The van der Waals surface area contributed by atoms with Crippen LogP contribution < -0.4 is 16.0 Å². The van der Waals surface area contributed by atoms with E-state index in [4.69, 9.17) is 0 Å². The molecule has 2 amide bonds. The molecule has 5 nitrogen and oxygen atoms in total. The summed E-state index contributed by atoms with van der Waals surface area (Å²) in [6.07, 6.45) is 2.26. The lowest BCUT2D eigenvalue weighted by Crippen LogP contribution is -2.47. The lowest BCUT2D eigenvalue weighted by Gasteiger charge is -2.24. The first-order valence-corrected chi connectivity index (χ1v) is 10.1. The molecule has 3 atom stereocenters. The van der Waals surface area contributed by atoms with Crippen molar-refractivity contribution in [2.45, 2.75) is 41.6 Å². The number of hydrogen-bond acceptors (Lipinski definition) is 4. The topological polar surface area (TPSA) is 70.2 Å². The van der Waals surface area contributed by atoms with Crippen molar-refractivity contribution in [3.05, 3.63) is 54.1 Å². The predicted octanol–water partition coefficient (Wildman–Crippen LogP) is 3.28. The molecule has 0 radical (unpaired) electrons. The Labute approximate surface area is 163 Å². The van der Waals surface area contributed by atoms with Gasteiger partial charge >= 0.3 is 0 Å². The van der Waals surface area contributed by atoms with Crippen LogP contribution in [-0.2, 0) is 4.79 Å². The monoisotopic (exact) mass is 381 g/mol. The van der Waals surface area contributed by atoms with Gasteiger partial charge in [-0.25, -0.2) is 0 Å². The quantitative estimate of drug-likeness (QED) is 0.743. The van der Waals surface area contributed by atoms with E-state index in [2.05, 4.69) is 16.0 Å². The zero-order chi connectivity index (χ0) is 18.8. The van der Waals surface area contributed by atoms with Gasteiger partial charge in [0.25, 0.3) is 5.91 Å². The van der Waals surface area contributed by atoms with Gasteiger partial charge < -0.3 is 16.0 Å². The average molecular weight is 382 g/mol. The highest BCUT2D eigenvalue weighted by Crippen LogP contribution is 2.32. The summed E-state index contributed by atoms with van der Waals surface area (Å²) in [5, 5.41) is 9.43. The van der Waals surface area contributed by atoms with Gasteiger partial charge in [0.15, 0.2) is 0 Å². The fourth-order valence-corrected chi connectivity index (χ4v) is 4.79. The van der Waals surface area contributed by atoms with Crippen LogP contribution in [0.4, 0.5) is 5.69 Å². The van der Waals surface area contributed by atoms with E-state index in [0.29, 0.717) is 17.5 Å². The second-order valence-corrected chi connectivity index (χ2v) is 8.41. The number of hydrogen-bond donors (Lipinski definition) is 3. The molecule has 1 aliphatic carbocycles. The Morgan fingerprint density at radius 1 is 1.07 bits per heavy atom. The minimum absolute atomic E-state index is 0.00134. The molecule has 1 heterocycles. The van der Waals surface area contributed by atoms with Crippen LogP contribution in [0.15, 0.2) is 58.3 Å². The summed E-state index contributed by atoms with van der Waals surface area (Å²) in [6, 6.07) is 16.1. The molecule has 2 aromatic rings. The largest absolute Gasteiger partial charge is 0.348 e. The van der Waals surface area contributed by atoms with Gasteiger partial charge in [0, 0.05) is 40.0 Å². The molecule has 27 heavy (non-hydrogen) atoms. The van der Waals surface area contributed by atoms with Gasteiger partial charge in [-0.15, -0.1) is 0 Å². The Balaban J connectivity index is 1.37. The number of amides is 2. The summed E-state index contributed by atoms with van der Waals surface area (Å²) in [5.41, 5.74) is 1.47. The number of rotatable bonds is 5. The molecule has 3 N–H and O–H groups in total. The van der Waals surface area contributed by atoms with Crippen LogP contribution in [0.3, 0.4) is 0 Å². The van der Waals surface area contributed by atoms with E-state index >= 15 is 0 Å². The summed E-state index contributed by atoms with van der Waals surface area (Å²) >= 11 is 1.60. The van der Waals surface area contributed by atoms with Crippen molar-refractivity contribution < 1.29 is 9.59 Å². The Morgan fingerprint density at radius 2 is 1.89 bits per heavy atom. The van der Waals surface area contributed by atoms with Crippen molar-refractivity contribution in [2.24, 2.45) is 5.92 Å². The highest BCUT2D eigenvalue weighted by atomic mass is 32.2. The molecular formula is C21H23N3O2S. The summed E-state index contributed by atoms with van der Waals surface area (Å²) < 4.78 is 0. The van der Waals surface area contributed by atoms with Crippen LogP contribution in [0, 0.1) is 5.92 Å².